The molecule has 0 aliphatic rings. The van der Waals surface area contributed by atoms with Gasteiger partial charge in [0.2, 0.25) is 0 Å². The van der Waals surface area contributed by atoms with Crippen molar-refractivity contribution in [2.24, 2.45) is 0 Å². The second-order valence-electron chi connectivity index (χ2n) is 12.2. The fourth-order valence-electron chi connectivity index (χ4n) is 6.96. The molecular formula is C46H31NS. The van der Waals surface area contributed by atoms with E-state index < -0.39 is 0 Å². The standard InChI is InChI=1S/C46H31NS/c1-3-14-32(15-4-1)36-28-37(33-16-5-2-6-17-33)31-39(30-36)47(44-26-13-25-43-42-23-9-10-27-45(42)48-46(43)44)38-21-11-20-35(29-38)41-24-12-19-34-18-7-8-22-40(34)41/h1-31H. The lowest BCUT2D eigenvalue weighted by molar-refractivity contribution is 1.30. The highest BCUT2D eigenvalue weighted by molar-refractivity contribution is 7.26. The Hall–Kier alpha value is -5.96. The maximum absolute atomic E-state index is 2.46. The number of hydrogen-bond donors (Lipinski definition) is 0. The van der Waals surface area contributed by atoms with E-state index in [1.165, 1.54) is 70.0 Å². The summed E-state index contributed by atoms with van der Waals surface area (Å²) in [7, 11) is 0. The lowest BCUT2D eigenvalue weighted by atomic mass is 9.96. The molecule has 1 aromatic heterocycles. The molecule has 0 saturated carbocycles. The van der Waals surface area contributed by atoms with Crippen molar-refractivity contribution in [3.63, 3.8) is 0 Å². The van der Waals surface area contributed by atoms with Gasteiger partial charge < -0.3 is 4.90 Å². The van der Waals surface area contributed by atoms with Gasteiger partial charge in [0.1, 0.15) is 0 Å². The van der Waals surface area contributed by atoms with Gasteiger partial charge in [0.25, 0.3) is 0 Å². The minimum absolute atomic E-state index is 1.12. The van der Waals surface area contributed by atoms with Gasteiger partial charge in [0.05, 0.1) is 10.4 Å². The van der Waals surface area contributed by atoms with Crippen molar-refractivity contribution in [3.8, 4) is 33.4 Å². The third-order valence-electron chi connectivity index (χ3n) is 9.22. The Morgan fingerprint density at radius 3 is 1.69 bits per heavy atom. The van der Waals surface area contributed by atoms with E-state index in [1.54, 1.807) is 0 Å². The van der Waals surface area contributed by atoms with Crippen molar-refractivity contribution in [1.29, 1.82) is 0 Å². The van der Waals surface area contributed by atoms with Crippen LogP contribution in [0, 0.1) is 0 Å². The summed E-state index contributed by atoms with van der Waals surface area (Å²) in [4.78, 5) is 2.46. The van der Waals surface area contributed by atoms with Gasteiger partial charge in [-0.3, -0.25) is 0 Å². The van der Waals surface area contributed by atoms with E-state index >= 15 is 0 Å². The molecule has 2 heteroatoms. The molecule has 226 valence electrons. The highest BCUT2D eigenvalue weighted by Gasteiger charge is 2.20. The molecule has 9 aromatic rings. The molecule has 8 aromatic carbocycles. The first kappa shape index (κ1) is 28.3. The number of fused-ring (bicyclic) bond motifs is 4. The zero-order valence-corrected chi connectivity index (χ0v) is 27.1. The van der Waals surface area contributed by atoms with Crippen LogP contribution in [0.25, 0.3) is 64.3 Å². The van der Waals surface area contributed by atoms with E-state index in [-0.39, 0.29) is 0 Å². The summed E-state index contributed by atoms with van der Waals surface area (Å²) in [6, 6.07) is 68.2. The van der Waals surface area contributed by atoms with Crippen LogP contribution >= 0.6 is 11.3 Å². The first-order chi connectivity index (χ1) is 23.8. The minimum atomic E-state index is 1.12. The van der Waals surface area contributed by atoms with E-state index in [9.17, 15) is 0 Å². The van der Waals surface area contributed by atoms with E-state index in [1.807, 2.05) is 11.3 Å². The molecule has 48 heavy (non-hydrogen) atoms. The Kier molecular flexibility index (Phi) is 7.07. The molecule has 1 nitrogen and oxygen atoms in total. The zero-order chi connectivity index (χ0) is 31.9. The summed E-state index contributed by atoms with van der Waals surface area (Å²) in [5.74, 6) is 0. The van der Waals surface area contributed by atoms with Crippen molar-refractivity contribution < 1.29 is 0 Å². The van der Waals surface area contributed by atoms with Crippen molar-refractivity contribution >= 4 is 59.3 Å². The fraction of sp³-hybridized carbons (Fsp3) is 0. The highest BCUT2D eigenvalue weighted by atomic mass is 32.1. The Labute approximate surface area is 284 Å². The zero-order valence-electron chi connectivity index (χ0n) is 26.3. The molecule has 0 radical (unpaired) electrons. The van der Waals surface area contributed by atoms with E-state index in [2.05, 4.69) is 193 Å². The predicted molar refractivity (Wildman–Crippen MR) is 208 cm³/mol. The number of nitrogens with zero attached hydrogens (tertiary/aromatic N) is 1. The first-order valence-electron chi connectivity index (χ1n) is 16.3. The summed E-state index contributed by atoms with van der Waals surface area (Å²) >= 11 is 1.87. The summed E-state index contributed by atoms with van der Waals surface area (Å²) in [6.45, 7) is 0. The first-order valence-corrected chi connectivity index (χ1v) is 17.2. The molecule has 0 atom stereocenters. The van der Waals surface area contributed by atoms with Gasteiger partial charge in [-0.2, -0.15) is 0 Å². The van der Waals surface area contributed by atoms with Gasteiger partial charge in [-0.05, 0) is 86.6 Å². The van der Waals surface area contributed by atoms with Gasteiger partial charge in [0, 0.05) is 26.8 Å². The lowest BCUT2D eigenvalue weighted by Crippen LogP contribution is -2.10. The molecule has 0 aliphatic heterocycles. The minimum Gasteiger partial charge on any atom is -0.309 e. The molecule has 0 amide bonds. The van der Waals surface area contributed by atoms with Crippen LogP contribution in [0.15, 0.2) is 188 Å². The van der Waals surface area contributed by atoms with Gasteiger partial charge in [0.15, 0.2) is 0 Å². The number of anilines is 3. The average molecular weight is 630 g/mol. The lowest BCUT2D eigenvalue weighted by Gasteiger charge is -2.28. The molecule has 0 spiro atoms. The predicted octanol–water partition coefficient (Wildman–Crippen LogP) is 13.7. The van der Waals surface area contributed by atoms with Crippen LogP contribution in [0.3, 0.4) is 0 Å². The highest BCUT2D eigenvalue weighted by Crippen LogP contribution is 2.47. The van der Waals surface area contributed by atoms with Gasteiger partial charge in [-0.15, -0.1) is 11.3 Å². The van der Waals surface area contributed by atoms with Gasteiger partial charge >= 0.3 is 0 Å². The largest absolute Gasteiger partial charge is 0.309 e. The number of thiophene rings is 1. The molecule has 0 N–H and O–H groups in total. The molecule has 0 fully saturated rings. The Morgan fingerprint density at radius 2 is 0.917 bits per heavy atom. The Balaban J connectivity index is 1.33. The quantitative estimate of drug-likeness (QED) is 0.177. The third-order valence-corrected chi connectivity index (χ3v) is 10.4. The summed E-state index contributed by atoms with van der Waals surface area (Å²) in [6.07, 6.45) is 0. The number of rotatable bonds is 6. The molecule has 0 aliphatic carbocycles. The van der Waals surface area contributed by atoms with Crippen LogP contribution in [0.5, 0.6) is 0 Å². The van der Waals surface area contributed by atoms with Crippen LogP contribution < -0.4 is 4.90 Å². The van der Waals surface area contributed by atoms with Crippen LogP contribution in [0.2, 0.25) is 0 Å². The second-order valence-corrected chi connectivity index (χ2v) is 13.2. The molecule has 0 bridgehead atoms. The Morgan fingerprint density at radius 1 is 0.354 bits per heavy atom. The molecule has 0 unspecified atom stereocenters. The van der Waals surface area contributed by atoms with Crippen molar-refractivity contribution in [3.05, 3.63) is 188 Å². The molecule has 9 rings (SSSR count). The average Bonchev–Trinajstić information content (AvgIpc) is 3.55. The van der Waals surface area contributed by atoms with E-state index in [0.717, 1.165) is 11.4 Å². The monoisotopic (exact) mass is 629 g/mol. The van der Waals surface area contributed by atoms with Crippen molar-refractivity contribution in [1.82, 2.24) is 0 Å². The third kappa shape index (κ3) is 5.04. The van der Waals surface area contributed by atoms with E-state index in [4.69, 9.17) is 0 Å². The Bertz CT molecular complexity index is 2500. The van der Waals surface area contributed by atoms with Gasteiger partial charge in [-0.25, -0.2) is 0 Å². The van der Waals surface area contributed by atoms with Crippen LogP contribution in [0.4, 0.5) is 17.1 Å². The van der Waals surface area contributed by atoms with Crippen LogP contribution in [-0.4, -0.2) is 0 Å². The number of benzene rings is 8. The molecule has 0 saturated heterocycles. The fourth-order valence-corrected chi connectivity index (χ4v) is 8.17. The van der Waals surface area contributed by atoms with Gasteiger partial charge in [-0.1, -0.05) is 146 Å². The summed E-state index contributed by atoms with van der Waals surface area (Å²) in [5, 5.41) is 5.08. The normalized spacial score (nSPS) is 11.3. The maximum atomic E-state index is 2.46. The molecule has 1 heterocycles. The SMILES string of the molecule is c1ccc(-c2cc(-c3ccccc3)cc(N(c3cccc(-c4cccc5ccccc45)c3)c3cccc4c3sc3ccccc34)c2)cc1. The topological polar surface area (TPSA) is 3.24 Å². The maximum Gasteiger partial charge on any atom is 0.0640 e. The second kappa shape index (κ2) is 12.0. The van der Waals surface area contributed by atoms with Crippen LogP contribution in [0.1, 0.15) is 0 Å². The smallest absolute Gasteiger partial charge is 0.0640 e. The van der Waals surface area contributed by atoms with Crippen molar-refractivity contribution in [2.45, 2.75) is 0 Å². The number of hydrogen-bond acceptors (Lipinski definition) is 2. The van der Waals surface area contributed by atoms with Crippen LogP contribution in [-0.2, 0) is 0 Å². The summed E-state index contributed by atoms with van der Waals surface area (Å²) < 4.78 is 2.58. The van der Waals surface area contributed by atoms with Crippen molar-refractivity contribution in [2.75, 3.05) is 4.90 Å². The van der Waals surface area contributed by atoms with E-state index in [0.29, 0.717) is 0 Å². The summed E-state index contributed by atoms with van der Waals surface area (Å²) in [5.41, 5.74) is 10.6. The molecular weight excluding hydrogens is 599 g/mol.